The third-order valence-electron chi connectivity index (χ3n) is 4.76. The number of nitrogens with zero attached hydrogens (tertiary/aromatic N) is 3. The molecule has 0 aliphatic carbocycles. The number of ether oxygens (including phenoxy) is 3. The molecule has 0 unspecified atom stereocenters. The van der Waals surface area contributed by atoms with E-state index in [9.17, 15) is 4.79 Å². The van der Waals surface area contributed by atoms with Crippen LogP contribution in [0.4, 0.5) is 5.69 Å². The second kappa shape index (κ2) is 9.61. The number of rotatable bonds is 8. The number of amides is 1. The smallest absolute Gasteiger partial charge is 0.234 e. The van der Waals surface area contributed by atoms with Gasteiger partial charge in [0.2, 0.25) is 5.91 Å². The minimum absolute atomic E-state index is 0.169. The van der Waals surface area contributed by atoms with Gasteiger partial charge >= 0.3 is 0 Å². The molecule has 2 aromatic carbocycles. The molecule has 32 heavy (non-hydrogen) atoms. The molecule has 0 fully saturated rings. The summed E-state index contributed by atoms with van der Waals surface area (Å²) in [5.74, 6) is 1.98. The largest absolute Gasteiger partial charge is 0.497 e. The number of nitrogens with one attached hydrogen (secondary N) is 1. The Morgan fingerprint density at radius 1 is 1.00 bits per heavy atom. The van der Waals surface area contributed by atoms with E-state index >= 15 is 0 Å². The second-order valence-electron chi connectivity index (χ2n) is 6.72. The van der Waals surface area contributed by atoms with E-state index in [1.165, 1.54) is 11.8 Å². The van der Waals surface area contributed by atoms with Gasteiger partial charge in [0.1, 0.15) is 22.3 Å². The molecule has 0 saturated carbocycles. The van der Waals surface area contributed by atoms with Crippen LogP contribution in [-0.4, -0.2) is 47.6 Å². The van der Waals surface area contributed by atoms with Gasteiger partial charge in [-0.05, 0) is 42.5 Å². The normalized spacial score (nSPS) is 10.7. The molecule has 0 bridgehead atoms. The van der Waals surface area contributed by atoms with E-state index in [4.69, 9.17) is 14.2 Å². The fourth-order valence-electron chi connectivity index (χ4n) is 3.13. The number of benzene rings is 2. The van der Waals surface area contributed by atoms with Crippen LogP contribution < -0.4 is 19.5 Å². The van der Waals surface area contributed by atoms with Crippen LogP contribution in [0.1, 0.15) is 0 Å². The van der Waals surface area contributed by atoms with Crippen molar-refractivity contribution in [2.45, 2.75) is 5.03 Å². The Morgan fingerprint density at radius 3 is 2.47 bits per heavy atom. The molecule has 0 radical (unpaired) electrons. The standard InChI is InChI=1S/C23H22N4O4S/c1-29-16-6-4-15(5-7-16)19-13-20-23(24-10-11-27(20)26-19)32-14-22(28)25-18-9-8-17(30-2)12-21(18)31-3/h4-13H,14H2,1-3H3,(H,25,28). The average Bonchev–Trinajstić information content (AvgIpc) is 3.28. The fourth-order valence-corrected chi connectivity index (χ4v) is 3.91. The summed E-state index contributed by atoms with van der Waals surface area (Å²) >= 11 is 1.34. The second-order valence-corrected chi connectivity index (χ2v) is 7.69. The van der Waals surface area contributed by atoms with Crippen molar-refractivity contribution in [3.05, 3.63) is 60.9 Å². The number of hydrogen-bond donors (Lipinski definition) is 1. The topological polar surface area (TPSA) is 87.0 Å². The van der Waals surface area contributed by atoms with Gasteiger partial charge in [0.05, 0.1) is 44.0 Å². The van der Waals surface area contributed by atoms with E-state index in [1.807, 2.05) is 30.3 Å². The predicted molar refractivity (Wildman–Crippen MR) is 124 cm³/mol. The van der Waals surface area contributed by atoms with Crippen molar-refractivity contribution in [3.8, 4) is 28.5 Å². The van der Waals surface area contributed by atoms with Crippen molar-refractivity contribution in [2.24, 2.45) is 0 Å². The lowest BCUT2D eigenvalue weighted by Crippen LogP contribution is -2.15. The lowest BCUT2D eigenvalue weighted by molar-refractivity contribution is -0.113. The van der Waals surface area contributed by atoms with E-state index in [-0.39, 0.29) is 11.7 Å². The van der Waals surface area contributed by atoms with Gasteiger partial charge in [0.15, 0.2) is 0 Å². The van der Waals surface area contributed by atoms with Crippen molar-refractivity contribution in [2.75, 3.05) is 32.4 Å². The van der Waals surface area contributed by atoms with Crippen molar-refractivity contribution < 1.29 is 19.0 Å². The van der Waals surface area contributed by atoms with Crippen LogP contribution in [0.2, 0.25) is 0 Å². The summed E-state index contributed by atoms with van der Waals surface area (Å²) in [6.07, 6.45) is 3.46. The highest BCUT2D eigenvalue weighted by molar-refractivity contribution is 8.00. The van der Waals surface area contributed by atoms with E-state index in [0.717, 1.165) is 27.5 Å². The first kappa shape index (κ1) is 21.5. The maximum atomic E-state index is 12.6. The van der Waals surface area contributed by atoms with E-state index < -0.39 is 0 Å². The van der Waals surface area contributed by atoms with Crippen LogP contribution in [-0.2, 0) is 4.79 Å². The van der Waals surface area contributed by atoms with Crippen LogP contribution in [0.5, 0.6) is 17.2 Å². The summed E-state index contributed by atoms with van der Waals surface area (Å²) in [4.78, 5) is 17.0. The molecule has 1 amide bonds. The van der Waals surface area contributed by atoms with Gasteiger partial charge < -0.3 is 19.5 Å². The summed E-state index contributed by atoms with van der Waals surface area (Å²) in [7, 11) is 4.76. The molecule has 1 N–H and O–H groups in total. The van der Waals surface area contributed by atoms with Crippen LogP contribution >= 0.6 is 11.8 Å². The van der Waals surface area contributed by atoms with Crippen molar-refractivity contribution in [1.82, 2.24) is 14.6 Å². The highest BCUT2D eigenvalue weighted by Crippen LogP contribution is 2.30. The molecule has 2 heterocycles. The predicted octanol–water partition coefficient (Wildman–Crippen LogP) is 4.15. The molecule has 0 atom stereocenters. The van der Waals surface area contributed by atoms with Crippen LogP contribution in [0.3, 0.4) is 0 Å². The Bertz CT molecular complexity index is 1240. The quantitative estimate of drug-likeness (QED) is 0.404. The third-order valence-corrected chi connectivity index (χ3v) is 5.76. The number of fused-ring (bicyclic) bond motifs is 1. The molecule has 9 heteroatoms. The minimum Gasteiger partial charge on any atom is -0.497 e. The van der Waals surface area contributed by atoms with Gasteiger partial charge in [-0.1, -0.05) is 11.8 Å². The van der Waals surface area contributed by atoms with Crippen molar-refractivity contribution >= 4 is 28.9 Å². The zero-order valence-electron chi connectivity index (χ0n) is 17.9. The van der Waals surface area contributed by atoms with Gasteiger partial charge in [-0.25, -0.2) is 9.50 Å². The number of carbonyl (C=O) groups is 1. The van der Waals surface area contributed by atoms with Crippen molar-refractivity contribution in [1.29, 1.82) is 0 Å². The monoisotopic (exact) mass is 450 g/mol. The van der Waals surface area contributed by atoms with E-state index in [2.05, 4.69) is 15.4 Å². The van der Waals surface area contributed by atoms with Gasteiger partial charge in [0.25, 0.3) is 0 Å². The minimum atomic E-state index is -0.169. The van der Waals surface area contributed by atoms with E-state index in [1.54, 1.807) is 56.4 Å². The molecule has 0 aliphatic heterocycles. The Morgan fingerprint density at radius 2 is 1.75 bits per heavy atom. The lowest BCUT2D eigenvalue weighted by Gasteiger charge is -2.11. The summed E-state index contributed by atoms with van der Waals surface area (Å²) in [6.45, 7) is 0. The highest BCUT2D eigenvalue weighted by Gasteiger charge is 2.13. The number of thioether (sulfide) groups is 1. The average molecular weight is 451 g/mol. The third kappa shape index (κ3) is 4.62. The zero-order chi connectivity index (χ0) is 22.5. The number of anilines is 1. The molecule has 8 nitrogen and oxygen atoms in total. The number of carbonyl (C=O) groups excluding carboxylic acids is 1. The first-order valence-electron chi connectivity index (χ1n) is 9.74. The maximum absolute atomic E-state index is 12.6. The SMILES string of the molecule is COc1ccc(-c2cc3c(SCC(=O)Nc4ccc(OC)cc4OC)nccn3n2)cc1. The summed E-state index contributed by atoms with van der Waals surface area (Å²) in [5.41, 5.74) is 3.19. The number of hydrogen-bond acceptors (Lipinski definition) is 7. The molecule has 4 rings (SSSR count). The van der Waals surface area contributed by atoms with E-state index in [0.29, 0.717) is 17.2 Å². The maximum Gasteiger partial charge on any atom is 0.234 e. The van der Waals surface area contributed by atoms with Gasteiger partial charge in [-0.2, -0.15) is 5.10 Å². The Balaban J connectivity index is 1.48. The Hall–Kier alpha value is -3.72. The van der Waals surface area contributed by atoms with Crippen LogP contribution in [0.15, 0.2) is 66.0 Å². The molecular formula is C23H22N4O4S. The summed E-state index contributed by atoms with van der Waals surface area (Å²) < 4.78 is 17.5. The molecule has 0 spiro atoms. The number of aromatic nitrogens is 3. The fraction of sp³-hybridized carbons (Fsp3) is 0.174. The van der Waals surface area contributed by atoms with Crippen molar-refractivity contribution in [3.63, 3.8) is 0 Å². The molecule has 164 valence electrons. The van der Waals surface area contributed by atoms with Gasteiger partial charge in [0, 0.05) is 24.0 Å². The van der Waals surface area contributed by atoms with Crippen LogP contribution in [0.25, 0.3) is 16.8 Å². The summed E-state index contributed by atoms with van der Waals surface area (Å²) in [5, 5.41) is 8.22. The Kier molecular flexibility index (Phi) is 6.46. The van der Waals surface area contributed by atoms with Gasteiger partial charge in [-0.3, -0.25) is 4.79 Å². The molecule has 4 aromatic rings. The first-order chi connectivity index (χ1) is 15.6. The first-order valence-corrected chi connectivity index (χ1v) is 10.7. The van der Waals surface area contributed by atoms with Crippen LogP contribution in [0, 0.1) is 0 Å². The molecule has 0 saturated heterocycles. The number of methoxy groups -OCH3 is 3. The molecule has 2 aromatic heterocycles. The lowest BCUT2D eigenvalue weighted by atomic mass is 10.1. The summed E-state index contributed by atoms with van der Waals surface area (Å²) in [6, 6.07) is 14.9. The Labute approximate surface area is 189 Å². The highest BCUT2D eigenvalue weighted by atomic mass is 32.2. The zero-order valence-corrected chi connectivity index (χ0v) is 18.7. The van der Waals surface area contributed by atoms with Gasteiger partial charge in [-0.15, -0.1) is 0 Å². The molecule has 0 aliphatic rings. The molecular weight excluding hydrogens is 428 g/mol.